The van der Waals surface area contributed by atoms with Gasteiger partial charge in [-0.05, 0) is 44.6 Å². The second kappa shape index (κ2) is 6.87. The van der Waals surface area contributed by atoms with Gasteiger partial charge in [0.05, 0.1) is 0 Å². The SMILES string of the molecule is CN(C)C1(CNCc2ccnc(/C(N)=N/O)c2)CCCC1. The molecule has 2 rings (SSSR count). The highest BCUT2D eigenvalue weighted by Crippen LogP contribution is 2.33. The van der Waals surface area contributed by atoms with E-state index < -0.39 is 0 Å². The largest absolute Gasteiger partial charge is 0.409 e. The van der Waals surface area contributed by atoms with Crippen molar-refractivity contribution in [2.45, 2.75) is 37.8 Å². The Labute approximate surface area is 126 Å². The normalized spacial score (nSPS) is 18.3. The third kappa shape index (κ3) is 3.71. The van der Waals surface area contributed by atoms with Gasteiger partial charge in [-0.1, -0.05) is 18.0 Å². The second-order valence-corrected chi connectivity index (χ2v) is 5.96. The lowest BCUT2D eigenvalue weighted by molar-refractivity contribution is 0.153. The first-order chi connectivity index (χ1) is 10.1. The maximum Gasteiger partial charge on any atom is 0.188 e. The molecule has 1 aromatic rings. The van der Waals surface area contributed by atoms with E-state index in [4.69, 9.17) is 10.9 Å². The van der Waals surface area contributed by atoms with E-state index in [1.165, 1.54) is 25.7 Å². The van der Waals surface area contributed by atoms with Gasteiger partial charge in [0.25, 0.3) is 0 Å². The number of pyridine rings is 1. The number of likely N-dealkylation sites (N-methyl/N-ethyl adjacent to an activating group) is 1. The summed E-state index contributed by atoms with van der Waals surface area (Å²) in [7, 11) is 4.33. The fourth-order valence-electron chi connectivity index (χ4n) is 3.03. The Morgan fingerprint density at radius 2 is 2.19 bits per heavy atom. The van der Waals surface area contributed by atoms with Gasteiger partial charge in [0.1, 0.15) is 5.69 Å². The van der Waals surface area contributed by atoms with Gasteiger partial charge in [0.2, 0.25) is 0 Å². The van der Waals surface area contributed by atoms with E-state index in [0.29, 0.717) is 5.69 Å². The minimum atomic E-state index is 0.0393. The van der Waals surface area contributed by atoms with Crippen LogP contribution in [-0.4, -0.2) is 47.1 Å². The number of oxime groups is 1. The molecular formula is C15H25N5O. The Balaban J connectivity index is 1.94. The van der Waals surface area contributed by atoms with Crippen LogP contribution >= 0.6 is 0 Å². The van der Waals surface area contributed by atoms with Crippen LogP contribution in [0.25, 0.3) is 0 Å². The van der Waals surface area contributed by atoms with Crippen LogP contribution in [0.5, 0.6) is 0 Å². The first-order valence-corrected chi connectivity index (χ1v) is 7.38. The monoisotopic (exact) mass is 291 g/mol. The lowest BCUT2D eigenvalue weighted by atomic mass is 9.96. The zero-order valence-electron chi connectivity index (χ0n) is 12.8. The van der Waals surface area contributed by atoms with Gasteiger partial charge < -0.3 is 21.2 Å². The van der Waals surface area contributed by atoms with Gasteiger partial charge in [-0.15, -0.1) is 0 Å². The summed E-state index contributed by atoms with van der Waals surface area (Å²) in [6.07, 6.45) is 6.80. The van der Waals surface area contributed by atoms with Gasteiger partial charge >= 0.3 is 0 Å². The summed E-state index contributed by atoms with van der Waals surface area (Å²) in [5, 5.41) is 15.2. The van der Waals surface area contributed by atoms with Crippen LogP contribution in [0, 0.1) is 0 Å². The summed E-state index contributed by atoms with van der Waals surface area (Å²) >= 11 is 0. The Hall–Kier alpha value is -1.66. The molecular weight excluding hydrogens is 266 g/mol. The maximum atomic E-state index is 8.70. The highest BCUT2D eigenvalue weighted by atomic mass is 16.4. The Kier molecular flexibility index (Phi) is 5.14. The molecule has 1 saturated carbocycles. The molecule has 0 aromatic carbocycles. The van der Waals surface area contributed by atoms with Gasteiger partial charge in [-0.25, -0.2) is 0 Å². The first kappa shape index (κ1) is 15.7. The molecule has 0 atom stereocenters. The molecule has 4 N–H and O–H groups in total. The third-order valence-corrected chi connectivity index (χ3v) is 4.46. The van der Waals surface area contributed by atoms with Crippen LogP contribution in [0.15, 0.2) is 23.5 Å². The van der Waals surface area contributed by atoms with Crippen LogP contribution in [-0.2, 0) is 6.54 Å². The molecule has 116 valence electrons. The molecule has 0 amide bonds. The van der Waals surface area contributed by atoms with Crippen LogP contribution in [0.2, 0.25) is 0 Å². The number of hydrogen-bond acceptors (Lipinski definition) is 5. The van der Waals surface area contributed by atoms with Crippen molar-refractivity contribution >= 4 is 5.84 Å². The fourth-order valence-corrected chi connectivity index (χ4v) is 3.03. The number of nitrogens with one attached hydrogen (secondary N) is 1. The van der Waals surface area contributed by atoms with Gasteiger partial charge in [0, 0.05) is 24.8 Å². The van der Waals surface area contributed by atoms with E-state index in [2.05, 4.69) is 34.5 Å². The average molecular weight is 291 g/mol. The van der Waals surface area contributed by atoms with E-state index in [-0.39, 0.29) is 11.4 Å². The lowest BCUT2D eigenvalue weighted by Gasteiger charge is -2.36. The van der Waals surface area contributed by atoms with Crippen molar-refractivity contribution in [2.24, 2.45) is 10.9 Å². The zero-order chi connectivity index (χ0) is 15.3. The predicted molar refractivity (Wildman–Crippen MR) is 83.3 cm³/mol. The number of rotatable bonds is 6. The number of amidine groups is 1. The van der Waals surface area contributed by atoms with Crippen LogP contribution in [0.3, 0.4) is 0 Å². The van der Waals surface area contributed by atoms with Crippen molar-refractivity contribution in [3.8, 4) is 0 Å². The Morgan fingerprint density at radius 3 is 2.81 bits per heavy atom. The van der Waals surface area contributed by atoms with Crippen molar-refractivity contribution in [1.82, 2.24) is 15.2 Å². The summed E-state index contributed by atoms with van der Waals surface area (Å²) in [5.74, 6) is 0.0393. The van der Waals surface area contributed by atoms with Gasteiger partial charge in [-0.2, -0.15) is 0 Å². The van der Waals surface area contributed by atoms with Gasteiger partial charge in [-0.3, -0.25) is 4.98 Å². The molecule has 0 spiro atoms. The molecule has 0 saturated heterocycles. The van der Waals surface area contributed by atoms with Crippen LogP contribution < -0.4 is 11.1 Å². The van der Waals surface area contributed by atoms with E-state index in [9.17, 15) is 0 Å². The molecule has 0 radical (unpaired) electrons. The lowest BCUT2D eigenvalue weighted by Crippen LogP contribution is -2.49. The molecule has 1 heterocycles. The van der Waals surface area contributed by atoms with E-state index in [1.807, 2.05) is 12.1 Å². The van der Waals surface area contributed by atoms with Crippen molar-refractivity contribution in [2.75, 3.05) is 20.6 Å². The second-order valence-electron chi connectivity index (χ2n) is 5.96. The molecule has 1 aromatic heterocycles. The highest BCUT2D eigenvalue weighted by molar-refractivity contribution is 5.95. The quantitative estimate of drug-likeness (QED) is 0.317. The molecule has 0 bridgehead atoms. The molecule has 1 aliphatic carbocycles. The average Bonchev–Trinajstić information content (AvgIpc) is 2.97. The maximum absolute atomic E-state index is 8.70. The minimum Gasteiger partial charge on any atom is -0.409 e. The standard InChI is InChI=1S/C15H25N5O/c1-20(2)15(6-3-4-7-15)11-17-10-12-5-8-18-13(9-12)14(16)19-21/h5,8-9,17,21H,3-4,6-7,10-11H2,1-2H3,(H2,16,19). The van der Waals surface area contributed by atoms with Crippen molar-refractivity contribution < 1.29 is 5.21 Å². The number of hydrogen-bond donors (Lipinski definition) is 3. The Bertz CT molecular complexity index is 495. The molecule has 6 heteroatoms. The summed E-state index contributed by atoms with van der Waals surface area (Å²) in [6, 6.07) is 3.79. The Morgan fingerprint density at radius 1 is 1.48 bits per heavy atom. The van der Waals surface area contributed by atoms with Crippen molar-refractivity contribution in [1.29, 1.82) is 0 Å². The molecule has 0 unspecified atom stereocenters. The van der Waals surface area contributed by atoms with Crippen LogP contribution in [0.1, 0.15) is 36.9 Å². The predicted octanol–water partition coefficient (Wildman–Crippen LogP) is 1.14. The van der Waals surface area contributed by atoms with E-state index in [1.54, 1.807) is 6.20 Å². The summed E-state index contributed by atoms with van der Waals surface area (Å²) < 4.78 is 0. The van der Waals surface area contributed by atoms with Crippen LogP contribution in [0.4, 0.5) is 0 Å². The summed E-state index contributed by atoms with van der Waals surface area (Å²) in [4.78, 5) is 6.43. The first-order valence-electron chi connectivity index (χ1n) is 7.38. The highest BCUT2D eigenvalue weighted by Gasteiger charge is 2.35. The van der Waals surface area contributed by atoms with Gasteiger partial charge in [0.15, 0.2) is 5.84 Å². The molecule has 6 nitrogen and oxygen atoms in total. The third-order valence-electron chi connectivity index (χ3n) is 4.46. The summed E-state index contributed by atoms with van der Waals surface area (Å²) in [6.45, 7) is 1.73. The number of nitrogens with zero attached hydrogens (tertiary/aromatic N) is 3. The smallest absolute Gasteiger partial charge is 0.188 e. The molecule has 0 aliphatic heterocycles. The number of nitrogens with two attached hydrogens (primary N) is 1. The van der Waals surface area contributed by atoms with Crippen molar-refractivity contribution in [3.63, 3.8) is 0 Å². The number of aromatic nitrogens is 1. The fraction of sp³-hybridized carbons (Fsp3) is 0.600. The molecule has 21 heavy (non-hydrogen) atoms. The molecule has 1 aliphatic rings. The zero-order valence-corrected chi connectivity index (χ0v) is 12.8. The minimum absolute atomic E-state index is 0.0393. The van der Waals surface area contributed by atoms with E-state index in [0.717, 1.165) is 18.7 Å². The van der Waals surface area contributed by atoms with Crippen molar-refractivity contribution in [3.05, 3.63) is 29.6 Å². The molecule has 1 fully saturated rings. The summed E-state index contributed by atoms with van der Waals surface area (Å²) in [5.41, 5.74) is 7.42. The van der Waals surface area contributed by atoms with E-state index >= 15 is 0 Å². The topological polar surface area (TPSA) is 86.8 Å².